The van der Waals surface area contributed by atoms with Crippen LogP contribution in [-0.4, -0.2) is 19.7 Å². The zero-order valence-corrected chi connectivity index (χ0v) is 10.0. The van der Waals surface area contributed by atoms with E-state index in [2.05, 4.69) is 12.2 Å². The third-order valence-electron chi connectivity index (χ3n) is 2.29. The molecule has 3 nitrogen and oxygen atoms in total. The number of hydrogen-bond acceptors (Lipinski definition) is 3. The highest BCUT2D eigenvalue weighted by molar-refractivity contribution is 5.32. The minimum atomic E-state index is -0.384. The Morgan fingerprint density at radius 1 is 1.41 bits per heavy atom. The lowest BCUT2D eigenvalue weighted by molar-refractivity contribution is 0.120. The molecule has 1 N–H and O–H groups in total. The molecule has 0 aliphatic heterocycles. The minimum absolute atomic E-state index is 0.241. The number of benzene rings is 1. The van der Waals surface area contributed by atoms with Crippen molar-refractivity contribution in [1.29, 1.82) is 5.26 Å². The van der Waals surface area contributed by atoms with Gasteiger partial charge in [-0.1, -0.05) is 13.0 Å². The van der Waals surface area contributed by atoms with E-state index in [4.69, 9.17) is 10.00 Å². The Morgan fingerprint density at radius 3 is 2.88 bits per heavy atom. The van der Waals surface area contributed by atoms with Gasteiger partial charge in [-0.2, -0.15) is 5.26 Å². The molecule has 92 valence electrons. The van der Waals surface area contributed by atoms with Crippen LogP contribution in [0.4, 0.5) is 4.39 Å². The molecule has 4 heteroatoms. The molecule has 0 saturated carbocycles. The van der Waals surface area contributed by atoms with Crippen LogP contribution in [0, 0.1) is 17.1 Å². The number of rotatable bonds is 7. The molecule has 1 aromatic carbocycles. The number of halogens is 1. The largest absolute Gasteiger partial charge is 0.375 e. The summed E-state index contributed by atoms with van der Waals surface area (Å²) in [4.78, 5) is 0. The van der Waals surface area contributed by atoms with Crippen LogP contribution < -0.4 is 5.32 Å². The van der Waals surface area contributed by atoms with Gasteiger partial charge in [-0.05, 0) is 25.1 Å². The smallest absolute Gasteiger partial charge is 0.130 e. The van der Waals surface area contributed by atoms with Crippen molar-refractivity contribution in [2.75, 3.05) is 19.7 Å². The van der Waals surface area contributed by atoms with Crippen molar-refractivity contribution in [3.05, 3.63) is 35.1 Å². The van der Waals surface area contributed by atoms with Crippen LogP contribution in [0.1, 0.15) is 24.5 Å². The summed E-state index contributed by atoms with van der Waals surface area (Å²) in [6, 6.07) is 6.31. The quantitative estimate of drug-likeness (QED) is 0.738. The van der Waals surface area contributed by atoms with Crippen LogP contribution >= 0.6 is 0 Å². The molecule has 0 radical (unpaired) electrons. The lowest BCUT2D eigenvalue weighted by Crippen LogP contribution is -2.20. The minimum Gasteiger partial charge on any atom is -0.375 e. The molecule has 0 fully saturated rings. The molecule has 0 atom stereocenters. The maximum atomic E-state index is 13.4. The molecule has 0 amide bonds. The van der Waals surface area contributed by atoms with Crippen molar-refractivity contribution in [1.82, 2.24) is 5.32 Å². The van der Waals surface area contributed by atoms with E-state index < -0.39 is 0 Å². The molecular formula is C13H17FN2O. The Bertz CT molecular complexity index is 387. The molecular weight excluding hydrogens is 219 g/mol. The lowest BCUT2D eigenvalue weighted by Gasteiger charge is -2.06. The van der Waals surface area contributed by atoms with E-state index >= 15 is 0 Å². The second kappa shape index (κ2) is 7.77. The Morgan fingerprint density at radius 2 is 2.24 bits per heavy atom. The van der Waals surface area contributed by atoms with Gasteiger partial charge in [0.05, 0.1) is 24.8 Å². The van der Waals surface area contributed by atoms with Gasteiger partial charge in [0.2, 0.25) is 0 Å². The molecule has 0 saturated heterocycles. The number of hydrogen-bond donors (Lipinski definition) is 1. The second-order valence-corrected chi connectivity index (χ2v) is 3.72. The summed E-state index contributed by atoms with van der Waals surface area (Å²) >= 11 is 0. The number of nitrogens with zero attached hydrogens (tertiary/aromatic N) is 1. The van der Waals surface area contributed by atoms with E-state index in [1.807, 2.05) is 6.07 Å². The monoisotopic (exact) mass is 236 g/mol. The van der Waals surface area contributed by atoms with Gasteiger partial charge in [0, 0.05) is 12.1 Å². The molecule has 0 spiro atoms. The summed E-state index contributed by atoms with van der Waals surface area (Å²) in [5, 5.41) is 11.8. The number of nitriles is 1. The topological polar surface area (TPSA) is 45.0 Å². The molecule has 0 aromatic heterocycles. The standard InChI is InChI=1S/C13H17FN2O/c1-2-5-16-6-7-17-10-12-4-3-11(9-15)8-13(12)14/h3-4,8,16H,2,5-7,10H2,1H3. The molecule has 0 unspecified atom stereocenters. The van der Waals surface area contributed by atoms with Crippen LogP contribution in [-0.2, 0) is 11.3 Å². The zero-order chi connectivity index (χ0) is 12.5. The first-order valence-corrected chi connectivity index (χ1v) is 5.75. The van der Waals surface area contributed by atoms with Crippen molar-refractivity contribution >= 4 is 0 Å². The first-order chi connectivity index (χ1) is 8.27. The summed E-state index contributed by atoms with van der Waals surface area (Å²) in [7, 11) is 0. The molecule has 0 aliphatic rings. The van der Waals surface area contributed by atoms with Crippen molar-refractivity contribution in [3.8, 4) is 6.07 Å². The molecule has 0 heterocycles. The molecule has 1 rings (SSSR count). The van der Waals surface area contributed by atoms with Crippen LogP contribution in [0.3, 0.4) is 0 Å². The molecule has 1 aromatic rings. The molecule has 0 bridgehead atoms. The Balaban J connectivity index is 2.30. The van der Waals surface area contributed by atoms with Gasteiger partial charge in [0.15, 0.2) is 0 Å². The van der Waals surface area contributed by atoms with E-state index in [1.54, 1.807) is 12.1 Å². The fraction of sp³-hybridized carbons (Fsp3) is 0.462. The van der Waals surface area contributed by atoms with Crippen molar-refractivity contribution in [2.24, 2.45) is 0 Å². The lowest BCUT2D eigenvalue weighted by atomic mass is 10.1. The highest BCUT2D eigenvalue weighted by Gasteiger charge is 2.03. The highest BCUT2D eigenvalue weighted by Crippen LogP contribution is 2.10. The van der Waals surface area contributed by atoms with Crippen LogP contribution in [0.2, 0.25) is 0 Å². The number of ether oxygens (including phenoxy) is 1. The fourth-order valence-corrected chi connectivity index (χ4v) is 1.36. The maximum absolute atomic E-state index is 13.4. The summed E-state index contributed by atoms with van der Waals surface area (Å²) in [5.41, 5.74) is 0.815. The average Bonchev–Trinajstić information content (AvgIpc) is 2.35. The predicted molar refractivity (Wildman–Crippen MR) is 63.9 cm³/mol. The van der Waals surface area contributed by atoms with Crippen LogP contribution in [0.5, 0.6) is 0 Å². The van der Waals surface area contributed by atoms with E-state index in [1.165, 1.54) is 6.07 Å². The Kier molecular flexibility index (Phi) is 6.23. The molecule has 17 heavy (non-hydrogen) atoms. The Labute approximate surface area is 101 Å². The second-order valence-electron chi connectivity index (χ2n) is 3.72. The average molecular weight is 236 g/mol. The Hall–Kier alpha value is -1.44. The third-order valence-corrected chi connectivity index (χ3v) is 2.29. The van der Waals surface area contributed by atoms with Crippen molar-refractivity contribution in [2.45, 2.75) is 20.0 Å². The first kappa shape index (κ1) is 13.6. The SMILES string of the molecule is CCCNCCOCc1ccc(C#N)cc1F. The van der Waals surface area contributed by atoms with Gasteiger partial charge in [0.25, 0.3) is 0 Å². The predicted octanol–water partition coefficient (Wildman–Crippen LogP) is 2.21. The summed E-state index contributed by atoms with van der Waals surface area (Å²) < 4.78 is 18.8. The fourth-order valence-electron chi connectivity index (χ4n) is 1.36. The van der Waals surface area contributed by atoms with E-state index in [0.717, 1.165) is 19.5 Å². The summed E-state index contributed by atoms with van der Waals surface area (Å²) in [6.07, 6.45) is 1.09. The van der Waals surface area contributed by atoms with Gasteiger partial charge >= 0.3 is 0 Å². The van der Waals surface area contributed by atoms with E-state index in [0.29, 0.717) is 17.7 Å². The van der Waals surface area contributed by atoms with E-state index in [-0.39, 0.29) is 12.4 Å². The first-order valence-electron chi connectivity index (χ1n) is 5.75. The van der Waals surface area contributed by atoms with Gasteiger partial charge < -0.3 is 10.1 Å². The highest BCUT2D eigenvalue weighted by atomic mass is 19.1. The normalized spacial score (nSPS) is 10.2. The third kappa shape index (κ3) is 4.94. The summed E-state index contributed by atoms with van der Waals surface area (Å²) in [5.74, 6) is -0.384. The molecule has 0 aliphatic carbocycles. The van der Waals surface area contributed by atoms with Crippen LogP contribution in [0.25, 0.3) is 0 Å². The van der Waals surface area contributed by atoms with Crippen molar-refractivity contribution < 1.29 is 9.13 Å². The summed E-state index contributed by atoms with van der Waals surface area (Å²) in [6.45, 7) is 4.63. The van der Waals surface area contributed by atoms with Crippen molar-refractivity contribution in [3.63, 3.8) is 0 Å². The van der Waals surface area contributed by atoms with Gasteiger partial charge in [0.1, 0.15) is 5.82 Å². The maximum Gasteiger partial charge on any atom is 0.130 e. The van der Waals surface area contributed by atoms with Gasteiger partial charge in [-0.25, -0.2) is 4.39 Å². The number of nitrogens with one attached hydrogen (secondary N) is 1. The van der Waals surface area contributed by atoms with Gasteiger partial charge in [-0.15, -0.1) is 0 Å². The van der Waals surface area contributed by atoms with Crippen LogP contribution in [0.15, 0.2) is 18.2 Å². The van der Waals surface area contributed by atoms with E-state index in [9.17, 15) is 4.39 Å². The van der Waals surface area contributed by atoms with Gasteiger partial charge in [-0.3, -0.25) is 0 Å². The zero-order valence-electron chi connectivity index (χ0n) is 10.0.